The molecule has 0 saturated carbocycles. The van der Waals surface area contributed by atoms with E-state index in [2.05, 4.69) is 25.9 Å². The third-order valence-electron chi connectivity index (χ3n) is 4.15. The van der Waals surface area contributed by atoms with Gasteiger partial charge in [-0.2, -0.15) is 5.26 Å². The van der Waals surface area contributed by atoms with Gasteiger partial charge in [0.1, 0.15) is 17.8 Å². The fraction of sp³-hybridized carbons (Fsp3) is 0.312. The maximum Gasteiger partial charge on any atom is 0.143 e. The zero-order chi connectivity index (χ0) is 14.2. The predicted octanol–water partition coefficient (Wildman–Crippen LogP) is 2.97. The predicted molar refractivity (Wildman–Crippen MR) is 82.2 cm³/mol. The topological polar surface area (TPSA) is 68.6 Å². The number of aromatic amines is 1. The number of anilines is 1. The Morgan fingerprint density at radius 3 is 2.81 bits per heavy atom. The Morgan fingerprint density at radius 1 is 1.14 bits per heavy atom. The van der Waals surface area contributed by atoms with E-state index in [1.54, 1.807) is 6.33 Å². The molecule has 0 amide bonds. The number of H-pyrrole nitrogens is 1. The zero-order valence-corrected chi connectivity index (χ0v) is 11.6. The second kappa shape index (κ2) is 4.74. The molecule has 1 aromatic carbocycles. The Kier molecular flexibility index (Phi) is 2.74. The summed E-state index contributed by atoms with van der Waals surface area (Å²) >= 11 is 0. The minimum Gasteiger partial charge on any atom is -0.356 e. The van der Waals surface area contributed by atoms with Crippen LogP contribution in [0.25, 0.3) is 21.9 Å². The lowest BCUT2D eigenvalue weighted by Crippen LogP contribution is -2.30. The SMILES string of the molecule is N#Cc1ccc2[nH]c3ncnc(N4CCCCC4)c3c2c1. The Bertz CT molecular complexity index is 852. The van der Waals surface area contributed by atoms with E-state index < -0.39 is 0 Å². The summed E-state index contributed by atoms with van der Waals surface area (Å²) in [5, 5.41) is 11.2. The minimum atomic E-state index is 0.664. The van der Waals surface area contributed by atoms with Gasteiger partial charge in [0.15, 0.2) is 0 Å². The third kappa shape index (κ3) is 1.91. The molecule has 5 heteroatoms. The first-order valence-corrected chi connectivity index (χ1v) is 7.28. The van der Waals surface area contributed by atoms with Crippen molar-refractivity contribution < 1.29 is 0 Å². The number of rotatable bonds is 1. The van der Waals surface area contributed by atoms with Crippen molar-refractivity contribution in [1.82, 2.24) is 15.0 Å². The lowest BCUT2D eigenvalue weighted by atomic mass is 10.1. The van der Waals surface area contributed by atoms with Gasteiger partial charge in [0.25, 0.3) is 0 Å². The van der Waals surface area contributed by atoms with E-state index in [1.807, 2.05) is 18.2 Å². The van der Waals surface area contributed by atoms with Crippen molar-refractivity contribution in [1.29, 1.82) is 5.26 Å². The largest absolute Gasteiger partial charge is 0.356 e. The van der Waals surface area contributed by atoms with Crippen molar-refractivity contribution in [3.05, 3.63) is 30.1 Å². The van der Waals surface area contributed by atoms with Crippen LogP contribution in [0.1, 0.15) is 24.8 Å². The van der Waals surface area contributed by atoms with Crippen LogP contribution in [0.5, 0.6) is 0 Å². The lowest BCUT2D eigenvalue weighted by Gasteiger charge is -2.28. The number of nitrogens with zero attached hydrogens (tertiary/aromatic N) is 4. The van der Waals surface area contributed by atoms with Gasteiger partial charge in [0.2, 0.25) is 0 Å². The summed E-state index contributed by atoms with van der Waals surface area (Å²) < 4.78 is 0. The number of piperidine rings is 1. The molecule has 1 aliphatic heterocycles. The fourth-order valence-corrected chi connectivity index (χ4v) is 3.12. The van der Waals surface area contributed by atoms with Crippen molar-refractivity contribution in [2.24, 2.45) is 0 Å². The number of hydrogen-bond acceptors (Lipinski definition) is 4. The molecule has 104 valence electrons. The molecule has 3 heterocycles. The number of benzene rings is 1. The van der Waals surface area contributed by atoms with Gasteiger partial charge in [-0.25, -0.2) is 9.97 Å². The van der Waals surface area contributed by atoms with Crippen LogP contribution < -0.4 is 4.90 Å². The number of hydrogen-bond donors (Lipinski definition) is 1. The normalized spacial score (nSPS) is 15.5. The second-order valence-electron chi connectivity index (χ2n) is 5.47. The Balaban J connectivity index is 1.99. The highest BCUT2D eigenvalue weighted by atomic mass is 15.2. The maximum absolute atomic E-state index is 9.12. The summed E-state index contributed by atoms with van der Waals surface area (Å²) in [5.74, 6) is 0.987. The molecule has 21 heavy (non-hydrogen) atoms. The van der Waals surface area contributed by atoms with Crippen LogP contribution in [0.4, 0.5) is 5.82 Å². The lowest BCUT2D eigenvalue weighted by molar-refractivity contribution is 0.574. The molecular formula is C16H15N5. The van der Waals surface area contributed by atoms with Crippen molar-refractivity contribution >= 4 is 27.8 Å². The highest BCUT2D eigenvalue weighted by molar-refractivity contribution is 6.11. The van der Waals surface area contributed by atoms with Crippen LogP contribution >= 0.6 is 0 Å². The van der Waals surface area contributed by atoms with Crippen LogP contribution in [-0.2, 0) is 0 Å². The van der Waals surface area contributed by atoms with Gasteiger partial charge in [-0.05, 0) is 37.5 Å². The Morgan fingerprint density at radius 2 is 2.00 bits per heavy atom. The molecule has 1 saturated heterocycles. The van der Waals surface area contributed by atoms with Gasteiger partial charge in [-0.3, -0.25) is 0 Å². The number of aromatic nitrogens is 3. The van der Waals surface area contributed by atoms with Crippen molar-refractivity contribution in [3.63, 3.8) is 0 Å². The zero-order valence-electron chi connectivity index (χ0n) is 11.6. The van der Waals surface area contributed by atoms with Crippen molar-refractivity contribution in [3.8, 4) is 6.07 Å². The van der Waals surface area contributed by atoms with Gasteiger partial charge >= 0.3 is 0 Å². The van der Waals surface area contributed by atoms with E-state index >= 15 is 0 Å². The highest BCUT2D eigenvalue weighted by Gasteiger charge is 2.18. The van der Waals surface area contributed by atoms with E-state index in [1.165, 1.54) is 19.3 Å². The monoisotopic (exact) mass is 277 g/mol. The van der Waals surface area contributed by atoms with Gasteiger partial charge in [0, 0.05) is 24.0 Å². The van der Waals surface area contributed by atoms with E-state index in [0.29, 0.717) is 5.56 Å². The van der Waals surface area contributed by atoms with E-state index in [9.17, 15) is 0 Å². The first-order valence-electron chi connectivity index (χ1n) is 7.28. The Labute approximate surface area is 122 Å². The highest BCUT2D eigenvalue weighted by Crippen LogP contribution is 2.32. The summed E-state index contributed by atoms with van der Waals surface area (Å²) in [6.45, 7) is 2.08. The van der Waals surface area contributed by atoms with E-state index in [-0.39, 0.29) is 0 Å². The maximum atomic E-state index is 9.12. The quantitative estimate of drug-likeness (QED) is 0.742. The van der Waals surface area contributed by atoms with Crippen LogP contribution in [0.3, 0.4) is 0 Å². The van der Waals surface area contributed by atoms with Crippen LogP contribution in [0.15, 0.2) is 24.5 Å². The molecule has 0 unspecified atom stereocenters. The summed E-state index contributed by atoms with van der Waals surface area (Å²) in [5.41, 5.74) is 2.51. The summed E-state index contributed by atoms with van der Waals surface area (Å²) in [6.07, 6.45) is 5.32. The molecule has 0 bridgehead atoms. The molecule has 1 aliphatic rings. The van der Waals surface area contributed by atoms with Crippen molar-refractivity contribution in [2.45, 2.75) is 19.3 Å². The van der Waals surface area contributed by atoms with E-state index in [4.69, 9.17) is 5.26 Å². The standard InChI is InChI=1S/C16H15N5/c17-9-11-4-5-13-12(8-11)14-15(20-13)18-10-19-16(14)21-6-2-1-3-7-21/h4-5,8,10H,1-3,6-7H2,(H,18,19,20). The molecule has 5 nitrogen and oxygen atoms in total. The first kappa shape index (κ1) is 12.2. The average Bonchev–Trinajstić information content (AvgIpc) is 2.93. The summed E-state index contributed by atoms with van der Waals surface area (Å²) in [4.78, 5) is 14.5. The minimum absolute atomic E-state index is 0.664. The first-order chi connectivity index (χ1) is 10.4. The van der Waals surface area contributed by atoms with Gasteiger partial charge in [-0.15, -0.1) is 0 Å². The number of nitrogens with one attached hydrogen (secondary N) is 1. The van der Waals surface area contributed by atoms with Crippen molar-refractivity contribution in [2.75, 3.05) is 18.0 Å². The third-order valence-corrected chi connectivity index (χ3v) is 4.15. The molecule has 0 radical (unpaired) electrons. The van der Waals surface area contributed by atoms with Gasteiger partial charge in [-0.1, -0.05) is 0 Å². The molecular weight excluding hydrogens is 262 g/mol. The summed E-state index contributed by atoms with van der Waals surface area (Å²) in [7, 11) is 0. The molecule has 0 aliphatic carbocycles. The van der Waals surface area contributed by atoms with Crippen LogP contribution in [-0.4, -0.2) is 28.0 Å². The second-order valence-corrected chi connectivity index (χ2v) is 5.47. The number of nitriles is 1. The van der Waals surface area contributed by atoms with Crippen LogP contribution in [0.2, 0.25) is 0 Å². The molecule has 4 rings (SSSR count). The van der Waals surface area contributed by atoms with E-state index in [0.717, 1.165) is 40.8 Å². The van der Waals surface area contributed by atoms with Crippen LogP contribution in [0, 0.1) is 11.3 Å². The average molecular weight is 277 g/mol. The summed E-state index contributed by atoms with van der Waals surface area (Å²) in [6, 6.07) is 7.89. The fourth-order valence-electron chi connectivity index (χ4n) is 3.12. The molecule has 1 fully saturated rings. The molecule has 0 spiro atoms. The molecule has 0 atom stereocenters. The smallest absolute Gasteiger partial charge is 0.143 e. The molecule has 1 N–H and O–H groups in total. The van der Waals surface area contributed by atoms with Gasteiger partial charge < -0.3 is 9.88 Å². The number of fused-ring (bicyclic) bond motifs is 3. The molecule has 2 aromatic heterocycles. The Hall–Kier alpha value is -2.61. The van der Waals surface area contributed by atoms with Gasteiger partial charge in [0.05, 0.1) is 17.0 Å². The molecule has 3 aromatic rings.